The molecule has 0 unspecified atom stereocenters. The molecule has 0 saturated carbocycles. The fraction of sp³-hybridized carbons (Fsp3) is 0. The number of para-hydroxylation sites is 2. The van der Waals surface area contributed by atoms with E-state index in [1.165, 1.54) is 5.39 Å². The second-order valence-electron chi connectivity index (χ2n) is 16.8. The van der Waals surface area contributed by atoms with E-state index < -0.39 is 0 Å². The third-order valence-electron chi connectivity index (χ3n) is 12.8. The van der Waals surface area contributed by atoms with Crippen LogP contribution in [0.3, 0.4) is 0 Å². The van der Waals surface area contributed by atoms with Crippen LogP contribution in [0.25, 0.3) is 99.6 Å². The van der Waals surface area contributed by atoms with E-state index in [2.05, 4.69) is 266 Å². The Morgan fingerprint density at radius 2 is 0.567 bits per heavy atom. The molecule has 0 saturated heterocycles. The maximum Gasteiger partial charge on any atom is 0.0986 e. The van der Waals surface area contributed by atoms with Gasteiger partial charge >= 0.3 is 0 Å². The molecule has 0 aliphatic heterocycles. The van der Waals surface area contributed by atoms with Crippen molar-refractivity contribution in [3.8, 4) is 67.0 Å². The number of fused-ring (bicyclic) bond motifs is 3. The summed E-state index contributed by atoms with van der Waals surface area (Å²) < 4.78 is 0. The number of hydrogen-bond acceptors (Lipinski definition) is 3. The fourth-order valence-electron chi connectivity index (χ4n) is 9.84. The quantitative estimate of drug-likeness (QED) is 0.145. The van der Waals surface area contributed by atoms with Crippen molar-refractivity contribution in [3.05, 3.63) is 261 Å². The Labute approximate surface area is 390 Å². The molecule has 314 valence electrons. The van der Waals surface area contributed by atoms with Gasteiger partial charge in [-0.25, -0.2) is 9.97 Å². The van der Waals surface area contributed by atoms with Gasteiger partial charge in [0.1, 0.15) is 0 Å². The molecule has 0 radical (unpaired) electrons. The van der Waals surface area contributed by atoms with Crippen molar-refractivity contribution in [2.24, 2.45) is 0 Å². The molecule has 11 aromatic carbocycles. The first-order chi connectivity index (χ1) is 33.3. The Bertz CT molecular complexity index is 3660. The van der Waals surface area contributed by atoms with Crippen molar-refractivity contribution in [1.29, 1.82) is 0 Å². The van der Waals surface area contributed by atoms with E-state index in [-0.39, 0.29) is 0 Å². The predicted molar refractivity (Wildman–Crippen MR) is 282 cm³/mol. The molecule has 0 bridgehead atoms. The summed E-state index contributed by atoms with van der Waals surface area (Å²) in [6, 6.07) is 92.8. The minimum atomic E-state index is 0.813. The molecule has 3 heteroatoms. The van der Waals surface area contributed by atoms with Gasteiger partial charge in [0, 0.05) is 50.4 Å². The second-order valence-corrected chi connectivity index (χ2v) is 16.8. The minimum Gasteiger partial charge on any atom is -0.311 e. The van der Waals surface area contributed by atoms with E-state index in [1.807, 2.05) is 0 Å². The van der Waals surface area contributed by atoms with Crippen LogP contribution in [0.4, 0.5) is 17.1 Å². The molecular formula is C64H43N3. The molecule has 12 aromatic rings. The summed E-state index contributed by atoms with van der Waals surface area (Å²) in [5, 5.41) is 4.64. The molecule has 0 spiro atoms. The molecule has 0 aliphatic carbocycles. The average molecular weight is 854 g/mol. The van der Waals surface area contributed by atoms with Crippen LogP contribution in [0.15, 0.2) is 261 Å². The van der Waals surface area contributed by atoms with Crippen LogP contribution in [-0.4, -0.2) is 9.97 Å². The van der Waals surface area contributed by atoms with Crippen molar-refractivity contribution in [2.45, 2.75) is 0 Å². The molecule has 67 heavy (non-hydrogen) atoms. The van der Waals surface area contributed by atoms with E-state index in [4.69, 9.17) is 9.97 Å². The summed E-state index contributed by atoms with van der Waals surface area (Å²) in [5.41, 5.74) is 17.3. The van der Waals surface area contributed by atoms with Crippen LogP contribution in [0.1, 0.15) is 0 Å². The average Bonchev–Trinajstić information content (AvgIpc) is 3.41. The van der Waals surface area contributed by atoms with Crippen LogP contribution >= 0.6 is 0 Å². The SMILES string of the molecule is c1ccc(-c2nc3c(-c4cccc5ccccc45)c(-c4ccccc4)c(-c4ccccc4)c(-c4cccc5ccccc45)c3nc2-c2ccc(N(c3ccccc3)c3ccccc3)cc2)cc1. The summed E-state index contributed by atoms with van der Waals surface area (Å²) in [4.78, 5) is 14.3. The summed E-state index contributed by atoms with van der Waals surface area (Å²) in [6.07, 6.45) is 0. The van der Waals surface area contributed by atoms with Crippen LogP contribution in [0, 0.1) is 0 Å². The van der Waals surface area contributed by atoms with Crippen LogP contribution in [-0.2, 0) is 0 Å². The lowest BCUT2D eigenvalue weighted by Crippen LogP contribution is -2.09. The number of aromatic nitrogens is 2. The summed E-state index contributed by atoms with van der Waals surface area (Å²) >= 11 is 0. The van der Waals surface area contributed by atoms with Crippen molar-refractivity contribution < 1.29 is 0 Å². The molecule has 0 amide bonds. The zero-order valence-corrected chi connectivity index (χ0v) is 36.7. The van der Waals surface area contributed by atoms with Gasteiger partial charge in [0.25, 0.3) is 0 Å². The molecule has 0 aliphatic rings. The Morgan fingerprint density at radius 3 is 1.00 bits per heavy atom. The zero-order chi connectivity index (χ0) is 44.5. The topological polar surface area (TPSA) is 29.0 Å². The number of anilines is 3. The number of rotatable bonds is 9. The van der Waals surface area contributed by atoms with E-state index in [0.717, 1.165) is 111 Å². The summed E-state index contributed by atoms with van der Waals surface area (Å²) in [7, 11) is 0. The van der Waals surface area contributed by atoms with Crippen molar-refractivity contribution in [1.82, 2.24) is 9.97 Å². The Kier molecular flexibility index (Phi) is 10.2. The van der Waals surface area contributed by atoms with E-state index >= 15 is 0 Å². The van der Waals surface area contributed by atoms with Gasteiger partial charge in [0.15, 0.2) is 0 Å². The van der Waals surface area contributed by atoms with Gasteiger partial charge in [0.05, 0.1) is 22.4 Å². The minimum absolute atomic E-state index is 0.813. The highest BCUT2D eigenvalue weighted by Gasteiger charge is 2.29. The Balaban J connectivity index is 1.25. The van der Waals surface area contributed by atoms with Gasteiger partial charge in [-0.15, -0.1) is 0 Å². The maximum absolute atomic E-state index is 6.01. The Morgan fingerprint density at radius 1 is 0.239 bits per heavy atom. The highest BCUT2D eigenvalue weighted by atomic mass is 15.1. The normalized spacial score (nSPS) is 11.3. The number of benzene rings is 11. The molecule has 12 rings (SSSR count). The van der Waals surface area contributed by atoms with Gasteiger partial charge in [-0.05, 0) is 80.2 Å². The van der Waals surface area contributed by atoms with Gasteiger partial charge in [-0.1, -0.05) is 224 Å². The lowest BCUT2D eigenvalue weighted by atomic mass is 9.79. The lowest BCUT2D eigenvalue weighted by molar-refractivity contribution is 1.27. The molecule has 1 aromatic heterocycles. The van der Waals surface area contributed by atoms with Gasteiger partial charge < -0.3 is 4.90 Å². The van der Waals surface area contributed by atoms with Crippen molar-refractivity contribution in [2.75, 3.05) is 4.90 Å². The fourth-order valence-corrected chi connectivity index (χ4v) is 9.84. The molecule has 0 fully saturated rings. The second kappa shape index (κ2) is 17.2. The molecule has 0 atom stereocenters. The van der Waals surface area contributed by atoms with Gasteiger partial charge in [-0.3, -0.25) is 0 Å². The van der Waals surface area contributed by atoms with Crippen LogP contribution in [0.5, 0.6) is 0 Å². The third kappa shape index (κ3) is 7.20. The third-order valence-corrected chi connectivity index (χ3v) is 12.8. The van der Waals surface area contributed by atoms with Crippen LogP contribution in [0.2, 0.25) is 0 Å². The largest absolute Gasteiger partial charge is 0.311 e. The first-order valence-corrected chi connectivity index (χ1v) is 22.8. The molecule has 3 nitrogen and oxygen atoms in total. The monoisotopic (exact) mass is 853 g/mol. The predicted octanol–water partition coefficient (Wildman–Crippen LogP) is 17.4. The highest BCUT2D eigenvalue weighted by Crippen LogP contribution is 2.53. The van der Waals surface area contributed by atoms with Crippen molar-refractivity contribution >= 4 is 49.6 Å². The highest BCUT2D eigenvalue weighted by molar-refractivity contribution is 6.21. The molecule has 1 heterocycles. The van der Waals surface area contributed by atoms with E-state index in [1.54, 1.807) is 0 Å². The molecular weight excluding hydrogens is 811 g/mol. The van der Waals surface area contributed by atoms with Crippen LogP contribution < -0.4 is 4.90 Å². The number of nitrogens with zero attached hydrogens (tertiary/aromatic N) is 3. The zero-order valence-electron chi connectivity index (χ0n) is 36.7. The van der Waals surface area contributed by atoms with E-state index in [9.17, 15) is 0 Å². The number of hydrogen-bond donors (Lipinski definition) is 0. The smallest absolute Gasteiger partial charge is 0.0986 e. The summed E-state index contributed by atoms with van der Waals surface area (Å²) in [6.45, 7) is 0. The summed E-state index contributed by atoms with van der Waals surface area (Å²) in [5.74, 6) is 0. The first kappa shape index (κ1) is 39.7. The lowest BCUT2D eigenvalue weighted by Gasteiger charge is -2.26. The van der Waals surface area contributed by atoms with Crippen molar-refractivity contribution in [3.63, 3.8) is 0 Å². The van der Waals surface area contributed by atoms with Gasteiger partial charge in [0.2, 0.25) is 0 Å². The maximum atomic E-state index is 6.01. The van der Waals surface area contributed by atoms with E-state index in [0.29, 0.717) is 0 Å². The van der Waals surface area contributed by atoms with Gasteiger partial charge in [-0.2, -0.15) is 0 Å². The standard InChI is InChI=1S/C64H43N3/c1-6-24-46(25-7-1)57-58(47-26-8-2-9-27-47)60(56-39-21-31-45-23-17-19-37-54(45)56)64-63(59(57)55-38-20-30-44-22-16-18-36-53(44)55)65-61(48-28-10-3-11-29-48)62(66-64)49-40-42-52(43-41-49)67(50-32-12-4-13-33-50)51-34-14-5-15-35-51/h1-43H. The first-order valence-electron chi connectivity index (χ1n) is 22.8. The molecule has 0 N–H and O–H groups in total. The Hall–Kier alpha value is -8.92.